The molecule has 0 amide bonds. The van der Waals surface area contributed by atoms with Crippen molar-refractivity contribution in [3.8, 4) is 0 Å². The summed E-state index contributed by atoms with van der Waals surface area (Å²) in [7, 11) is 1.75. The van der Waals surface area contributed by atoms with Crippen molar-refractivity contribution < 1.29 is 4.79 Å². The zero-order valence-corrected chi connectivity index (χ0v) is 10.1. The summed E-state index contributed by atoms with van der Waals surface area (Å²) in [6.45, 7) is 4.93. The highest BCUT2D eigenvalue weighted by atomic mass is 35.5. The average molecular weight is 230 g/mol. The van der Waals surface area contributed by atoms with Gasteiger partial charge in [0.05, 0.1) is 29.4 Å². The molecule has 1 aromatic heterocycles. The topological polar surface area (TPSA) is 46.9 Å². The van der Waals surface area contributed by atoms with Crippen molar-refractivity contribution in [2.45, 2.75) is 26.8 Å². The molecule has 0 radical (unpaired) electrons. The van der Waals surface area contributed by atoms with Crippen molar-refractivity contribution in [1.29, 1.82) is 0 Å². The van der Waals surface area contributed by atoms with Gasteiger partial charge in [-0.1, -0.05) is 11.6 Å². The zero-order valence-electron chi connectivity index (χ0n) is 9.30. The van der Waals surface area contributed by atoms with Crippen LogP contribution in [0.25, 0.3) is 0 Å². The monoisotopic (exact) mass is 229 g/mol. The Morgan fingerprint density at radius 3 is 2.80 bits per heavy atom. The molecule has 0 aliphatic rings. The molecule has 84 valence electrons. The Morgan fingerprint density at radius 1 is 1.60 bits per heavy atom. The number of likely N-dealkylation sites (N-methyl/N-ethyl adjacent to an activating group) is 1. The van der Waals surface area contributed by atoms with Gasteiger partial charge in [-0.2, -0.15) is 5.10 Å². The predicted octanol–water partition coefficient (Wildman–Crippen LogP) is 1.20. The fraction of sp³-hybridized carbons (Fsp3) is 0.600. The van der Waals surface area contributed by atoms with E-state index in [1.54, 1.807) is 11.7 Å². The SMILES string of the molecule is CCn1nc(C)c(Cl)c1CC(=O)CNC. The molecule has 0 aromatic carbocycles. The third-order valence-electron chi connectivity index (χ3n) is 2.19. The van der Waals surface area contributed by atoms with Gasteiger partial charge >= 0.3 is 0 Å². The van der Waals surface area contributed by atoms with Crippen molar-refractivity contribution in [1.82, 2.24) is 15.1 Å². The van der Waals surface area contributed by atoms with Crippen molar-refractivity contribution in [3.63, 3.8) is 0 Å². The normalized spacial score (nSPS) is 10.7. The molecule has 0 aliphatic heterocycles. The van der Waals surface area contributed by atoms with Crippen LogP contribution in [-0.4, -0.2) is 29.2 Å². The minimum Gasteiger partial charge on any atom is -0.313 e. The van der Waals surface area contributed by atoms with Crippen molar-refractivity contribution in [2.24, 2.45) is 0 Å². The van der Waals surface area contributed by atoms with E-state index < -0.39 is 0 Å². The fourth-order valence-electron chi connectivity index (χ4n) is 1.48. The standard InChI is InChI=1S/C10H16ClN3O/c1-4-14-9(5-8(15)6-12-3)10(11)7(2)13-14/h12H,4-6H2,1-3H3. The van der Waals surface area contributed by atoms with E-state index in [-0.39, 0.29) is 5.78 Å². The molecule has 1 heterocycles. The second kappa shape index (κ2) is 5.28. The summed E-state index contributed by atoms with van der Waals surface area (Å²) < 4.78 is 1.78. The molecule has 0 saturated heterocycles. The van der Waals surface area contributed by atoms with Crippen molar-refractivity contribution in [3.05, 3.63) is 16.4 Å². The van der Waals surface area contributed by atoms with Gasteiger partial charge in [0.15, 0.2) is 5.78 Å². The number of hydrogen-bond acceptors (Lipinski definition) is 3. The van der Waals surface area contributed by atoms with Crippen LogP contribution in [0.3, 0.4) is 0 Å². The molecule has 0 unspecified atom stereocenters. The Labute approximate surface area is 94.6 Å². The summed E-state index contributed by atoms with van der Waals surface area (Å²) in [5, 5.41) is 7.70. The molecule has 15 heavy (non-hydrogen) atoms. The zero-order chi connectivity index (χ0) is 11.4. The van der Waals surface area contributed by atoms with Crippen molar-refractivity contribution >= 4 is 17.4 Å². The predicted molar refractivity (Wildman–Crippen MR) is 60.3 cm³/mol. The summed E-state index contributed by atoms with van der Waals surface area (Å²) in [5.74, 6) is 0.119. The lowest BCUT2D eigenvalue weighted by Gasteiger charge is -2.04. The third kappa shape index (κ3) is 2.79. The second-order valence-electron chi connectivity index (χ2n) is 3.41. The maximum atomic E-state index is 11.5. The third-order valence-corrected chi connectivity index (χ3v) is 2.68. The van der Waals surface area contributed by atoms with Crippen LogP contribution in [0.4, 0.5) is 0 Å². The number of aryl methyl sites for hydroxylation is 2. The van der Waals surface area contributed by atoms with E-state index in [0.717, 1.165) is 17.9 Å². The minimum absolute atomic E-state index is 0.119. The summed E-state index contributed by atoms with van der Waals surface area (Å²) in [6.07, 6.45) is 0.342. The van der Waals surface area contributed by atoms with E-state index in [1.165, 1.54) is 0 Å². The second-order valence-corrected chi connectivity index (χ2v) is 3.79. The van der Waals surface area contributed by atoms with Gasteiger partial charge in [-0.05, 0) is 20.9 Å². The average Bonchev–Trinajstić information content (AvgIpc) is 2.46. The maximum absolute atomic E-state index is 11.5. The number of nitrogens with one attached hydrogen (secondary N) is 1. The summed E-state index contributed by atoms with van der Waals surface area (Å²) in [4.78, 5) is 11.5. The first kappa shape index (κ1) is 12.2. The Balaban J connectivity index is 2.87. The van der Waals surface area contributed by atoms with Crippen LogP contribution in [0, 0.1) is 6.92 Å². The van der Waals surface area contributed by atoms with E-state index in [2.05, 4.69) is 10.4 Å². The van der Waals surface area contributed by atoms with Gasteiger partial charge in [-0.25, -0.2) is 0 Å². The number of carbonyl (C=O) groups excluding carboxylic acids is 1. The lowest BCUT2D eigenvalue weighted by Crippen LogP contribution is -2.21. The molecule has 5 heteroatoms. The molecule has 0 spiro atoms. The van der Waals surface area contributed by atoms with Crippen LogP contribution in [0.5, 0.6) is 0 Å². The van der Waals surface area contributed by atoms with Gasteiger partial charge in [0.2, 0.25) is 0 Å². The summed E-state index contributed by atoms with van der Waals surface area (Å²) in [6, 6.07) is 0. The Morgan fingerprint density at radius 2 is 2.27 bits per heavy atom. The number of Topliss-reactive ketones (excluding diaryl/α,β-unsaturated/α-hetero) is 1. The number of nitrogens with zero attached hydrogens (tertiary/aromatic N) is 2. The first-order valence-electron chi connectivity index (χ1n) is 4.98. The number of carbonyl (C=O) groups is 1. The van der Waals surface area contributed by atoms with E-state index >= 15 is 0 Å². The van der Waals surface area contributed by atoms with E-state index in [9.17, 15) is 4.79 Å². The van der Waals surface area contributed by atoms with Crippen LogP contribution < -0.4 is 5.32 Å². The highest BCUT2D eigenvalue weighted by Crippen LogP contribution is 2.20. The quantitative estimate of drug-likeness (QED) is 0.825. The highest BCUT2D eigenvalue weighted by Gasteiger charge is 2.15. The molecule has 0 saturated carbocycles. The lowest BCUT2D eigenvalue weighted by atomic mass is 10.2. The number of rotatable bonds is 5. The number of ketones is 1. The van der Waals surface area contributed by atoms with Crippen LogP contribution in [0.2, 0.25) is 5.02 Å². The van der Waals surface area contributed by atoms with E-state index in [4.69, 9.17) is 11.6 Å². The molecular formula is C10H16ClN3O. The molecule has 4 nitrogen and oxygen atoms in total. The minimum atomic E-state index is 0.119. The van der Waals surface area contributed by atoms with Gasteiger partial charge < -0.3 is 5.32 Å². The molecule has 1 aromatic rings. The Kier molecular flexibility index (Phi) is 4.29. The van der Waals surface area contributed by atoms with Crippen LogP contribution in [0.15, 0.2) is 0 Å². The summed E-state index contributed by atoms with van der Waals surface area (Å²) in [5.41, 5.74) is 1.60. The first-order valence-corrected chi connectivity index (χ1v) is 5.36. The molecule has 1 N–H and O–H groups in total. The molecule has 0 aliphatic carbocycles. The molecule has 0 atom stereocenters. The van der Waals surface area contributed by atoms with Crippen LogP contribution >= 0.6 is 11.6 Å². The van der Waals surface area contributed by atoms with E-state index in [1.807, 2.05) is 13.8 Å². The van der Waals surface area contributed by atoms with Gasteiger partial charge in [-0.3, -0.25) is 9.48 Å². The number of hydrogen-bond donors (Lipinski definition) is 1. The van der Waals surface area contributed by atoms with Crippen LogP contribution in [-0.2, 0) is 17.8 Å². The number of halogens is 1. The van der Waals surface area contributed by atoms with Gasteiger partial charge in [0, 0.05) is 6.54 Å². The van der Waals surface area contributed by atoms with Gasteiger partial charge in [0.1, 0.15) is 0 Å². The molecule has 0 fully saturated rings. The first-order chi connectivity index (χ1) is 7.10. The van der Waals surface area contributed by atoms with E-state index in [0.29, 0.717) is 18.0 Å². The smallest absolute Gasteiger partial charge is 0.152 e. The van der Waals surface area contributed by atoms with Gasteiger partial charge in [0.25, 0.3) is 0 Å². The Bertz CT molecular complexity index is 360. The lowest BCUT2D eigenvalue weighted by molar-refractivity contribution is -0.117. The Hall–Kier alpha value is -0.870. The largest absolute Gasteiger partial charge is 0.313 e. The van der Waals surface area contributed by atoms with Gasteiger partial charge in [-0.15, -0.1) is 0 Å². The fourth-order valence-corrected chi connectivity index (χ4v) is 1.69. The molecule has 0 bridgehead atoms. The molecular weight excluding hydrogens is 214 g/mol. The molecule has 1 rings (SSSR count). The summed E-state index contributed by atoms with van der Waals surface area (Å²) >= 11 is 6.08. The van der Waals surface area contributed by atoms with Crippen LogP contribution in [0.1, 0.15) is 18.3 Å². The van der Waals surface area contributed by atoms with Crippen molar-refractivity contribution in [2.75, 3.05) is 13.6 Å². The maximum Gasteiger partial charge on any atom is 0.152 e. The number of aromatic nitrogens is 2. The highest BCUT2D eigenvalue weighted by molar-refractivity contribution is 6.32.